The third-order valence-corrected chi connectivity index (χ3v) is 4.69. The van der Waals surface area contributed by atoms with Gasteiger partial charge in [0.15, 0.2) is 0 Å². The van der Waals surface area contributed by atoms with Crippen LogP contribution in [0.25, 0.3) is 0 Å². The summed E-state index contributed by atoms with van der Waals surface area (Å²) in [6, 6.07) is 0. The van der Waals surface area contributed by atoms with Crippen LogP contribution in [0.3, 0.4) is 0 Å². The maximum absolute atomic E-state index is 11.5. The predicted octanol–water partition coefficient (Wildman–Crippen LogP) is -0.230. The summed E-state index contributed by atoms with van der Waals surface area (Å²) in [5.74, 6) is -1.08. The van der Waals surface area contributed by atoms with Gasteiger partial charge < -0.3 is 4.74 Å². The molecule has 2 unspecified atom stereocenters. The zero-order valence-electron chi connectivity index (χ0n) is 7.43. The molecule has 5 nitrogen and oxygen atoms in total. The molecule has 0 radical (unpaired) electrons. The smallest absolute Gasteiger partial charge is 0.322 e. The van der Waals surface area contributed by atoms with Gasteiger partial charge in [-0.05, 0) is 6.42 Å². The van der Waals surface area contributed by atoms with Crippen LogP contribution in [0.4, 0.5) is 0 Å². The van der Waals surface area contributed by atoms with Gasteiger partial charge in [-0.1, -0.05) is 22.6 Å². The highest BCUT2D eigenvalue weighted by molar-refractivity contribution is 14.1. The highest BCUT2D eigenvalue weighted by Gasteiger charge is 2.78. The van der Waals surface area contributed by atoms with Crippen molar-refractivity contribution in [2.75, 3.05) is 7.11 Å². The van der Waals surface area contributed by atoms with Gasteiger partial charge >= 0.3 is 5.97 Å². The molecule has 14 heavy (non-hydrogen) atoms. The van der Waals surface area contributed by atoms with E-state index < -0.39 is 14.8 Å². The number of alkyl halides is 1. The monoisotopic (exact) mass is 309 g/mol. The molecule has 2 aliphatic rings. The molecule has 1 N–H and O–H groups in total. The number of esters is 1. The Balaban J connectivity index is 2.28. The maximum atomic E-state index is 11.5. The van der Waals surface area contributed by atoms with Gasteiger partial charge in [0.2, 0.25) is 11.8 Å². The highest BCUT2D eigenvalue weighted by atomic mass is 127. The van der Waals surface area contributed by atoms with Gasteiger partial charge in [-0.25, -0.2) is 0 Å². The van der Waals surface area contributed by atoms with Crippen molar-refractivity contribution in [2.24, 2.45) is 5.41 Å². The van der Waals surface area contributed by atoms with Gasteiger partial charge in [-0.2, -0.15) is 0 Å². The molecule has 6 heteroatoms. The van der Waals surface area contributed by atoms with E-state index in [1.807, 2.05) is 22.6 Å². The first-order valence-electron chi connectivity index (χ1n) is 4.08. The number of hydrogen-bond donors (Lipinski definition) is 1. The average Bonchev–Trinajstić information content (AvgIpc) is 2.61. The molecular weight excluding hydrogens is 301 g/mol. The van der Waals surface area contributed by atoms with Crippen molar-refractivity contribution < 1.29 is 19.1 Å². The van der Waals surface area contributed by atoms with Gasteiger partial charge in [0.25, 0.3) is 0 Å². The van der Waals surface area contributed by atoms with E-state index in [1.165, 1.54) is 7.11 Å². The quantitative estimate of drug-likeness (QED) is 0.314. The van der Waals surface area contributed by atoms with Gasteiger partial charge in [0.1, 0.15) is 3.42 Å². The van der Waals surface area contributed by atoms with Crippen LogP contribution >= 0.6 is 22.6 Å². The Labute approximate surface area is 93.7 Å². The predicted molar refractivity (Wildman–Crippen MR) is 53.6 cm³/mol. The van der Waals surface area contributed by atoms with Crippen molar-refractivity contribution in [3.63, 3.8) is 0 Å². The topological polar surface area (TPSA) is 72.5 Å². The van der Waals surface area contributed by atoms with Gasteiger partial charge in [-0.15, -0.1) is 0 Å². The van der Waals surface area contributed by atoms with Crippen LogP contribution in [0.2, 0.25) is 0 Å². The SMILES string of the molecule is COC(=O)C1(I)CC12CC(=O)NC2=O. The molecule has 1 saturated heterocycles. The van der Waals surface area contributed by atoms with E-state index in [2.05, 4.69) is 10.1 Å². The molecule has 2 amide bonds. The highest BCUT2D eigenvalue weighted by Crippen LogP contribution is 2.66. The maximum Gasteiger partial charge on any atom is 0.322 e. The lowest BCUT2D eigenvalue weighted by Gasteiger charge is -2.10. The van der Waals surface area contributed by atoms with E-state index >= 15 is 0 Å². The molecule has 76 valence electrons. The van der Waals surface area contributed by atoms with Crippen molar-refractivity contribution >= 4 is 40.4 Å². The summed E-state index contributed by atoms with van der Waals surface area (Å²) in [6.45, 7) is 0. The fourth-order valence-electron chi connectivity index (χ4n) is 1.91. The largest absolute Gasteiger partial charge is 0.468 e. The molecule has 1 saturated carbocycles. The van der Waals surface area contributed by atoms with Crippen LogP contribution in [-0.2, 0) is 19.1 Å². The summed E-state index contributed by atoms with van der Waals surface area (Å²) < 4.78 is 3.77. The first-order valence-corrected chi connectivity index (χ1v) is 5.16. The molecule has 2 atom stereocenters. The average molecular weight is 309 g/mol. The Bertz CT molecular complexity index is 355. The van der Waals surface area contributed by atoms with Crippen LogP contribution < -0.4 is 5.32 Å². The number of halogens is 1. The van der Waals surface area contributed by atoms with Crippen LogP contribution in [0.1, 0.15) is 12.8 Å². The summed E-state index contributed by atoms with van der Waals surface area (Å²) in [4.78, 5) is 33.9. The number of ether oxygens (including phenoxy) is 1. The molecule has 0 aromatic rings. The normalized spacial score (nSPS) is 39.9. The zero-order valence-corrected chi connectivity index (χ0v) is 9.58. The van der Waals surface area contributed by atoms with Crippen molar-refractivity contribution in [1.82, 2.24) is 5.32 Å². The lowest BCUT2D eigenvalue weighted by molar-refractivity contribution is -0.142. The third kappa shape index (κ3) is 0.971. The molecular formula is C8H8INO4. The van der Waals surface area contributed by atoms with Crippen LogP contribution in [-0.4, -0.2) is 28.3 Å². The Morgan fingerprint density at radius 2 is 2.21 bits per heavy atom. The number of rotatable bonds is 1. The Morgan fingerprint density at radius 1 is 1.57 bits per heavy atom. The number of imide groups is 1. The number of carbonyl (C=O) groups excluding carboxylic acids is 3. The van der Waals surface area contributed by atoms with Crippen molar-refractivity contribution in [2.45, 2.75) is 16.3 Å². The zero-order chi connectivity index (χ0) is 10.6. The molecule has 1 aliphatic carbocycles. The summed E-state index contributed by atoms with van der Waals surface area (Å²) >= 11 is 1.91. The standard InChI is InChI=1S/C8H8INO4/c1-14-6(13)8(9)3-7(8)2-4(11)10-5(7)12/h2-3H2,1H3,(H,10,11,12). The molecule has 0 aromatic heterocycles. The minimum Gasteiger partial charge on any atom is -0.468 e. The van der Waals surface area contributed by atoms with Crippen LogP contribution in [0.15, 0.2) is 0 Å². The number of nitrogens with one attached hydrogen (secondary N) is 1. The van der Waals surface area contributed by atoms with Crippen LogP contribution in [0, 0.1) is 5.41 Å². The molecule has 0 bridgehead atoms. The Kier molecular flexibility index (Phi) is 1.89. The first kappa shape index (κ1) is 9.88. The molecule has 1 aliphatic heterocycles. The first-order chi connectivity index (χ1) is 6.46. The number of carbonyl (C=O) groups is 3. The number of hydrogen-bond acceptors (Lipinski definition) is 4. The van der Waals surface area contributed by atoms with E-state index in [0.29, 0.717) is 6.42 Å². The number of amides is 2. The fourth-order valence-corrected chi connectivity index (χ4v) is 3.22. The summed E-state index contributed by atoms with van der Waals surface area (Å²) in [7, 11) is 1.28. The molecule has 2 fully saturated rings. The second kappa shape index (κ2) is 2.68. The summed E-state index contributed by atoms with van der Waals surface area (Å²) in [5, 5.41) is 2.21. The lowest BCUT2D eigenvalue weighted by atomic mass is 10.0. The number of methoxy groups -OCH3 is 1. The Hall–Kier alpha value is -0.660. The van der Waals surface area contributed by atoms with Gasteiger partial charge in [0.05, 0.1) is 12.5 Å². The van der Waals surface area contributed by atoms with E-state index in [4.69, 9.17) is 0 Å². The van der Waals surface area contributed by atoms with Gasteiger partial charge in [-0.3, -0.25) is 19.7 Å². The van der Waals surface area contributed by atoms with E-state index in [1.54, 1.807) is 0 Å². The van der Waals surface area contributed by atoms with E-state index in [-0.39, 0.29) is 18.2 Å². The lowest BCUT2D eigenvalue weighted by Crippen LogP contribution is -2.31. The summed E-state index contributed by atoms with van der Waals surface area (Å²) in [5.41, 5.74) is -0.836. The van der Waals surface area contributed by atoms with Crippen molar-refractivity contribution in [1.29, 1.82) is 0 Å². The van der Waals surface area contributed by atoms with Crippen molar-refractivity contribution in [3.8, 4) is 0 Å². The molecule has 0 aromatic carbocycles. The molecule has 1 spiro atoms. The second-order valence-corrected chi connectivity index (χ2v) is 5.45. The minimum atomic E-state index is -0.838. The molecule has 2 rings (SSSR count). The van der Waals surface area contributed by atoms with Crippen LogP contribution in [0.5, 0.6) is 0 Å². The fraction of sp³-hybridized carbons (Fsp3) is 0.625. The van der Waals surface area contributed by atoms with E-state index in [9.17, 15) is 14.4 Å². The minimum absolute atomic E-state index is 0.101. The van der Waals surface area contributed by atoms with E-state index in [0.717, 1.165) is 0 Å². The van der Waals surface area contributed by atoms with Gasteiger partial charge in [0, 0.05) is 6.42 Å². The second-order valence-electron chi connectivity index (χ2n) is 3.61. The summed E-state index contributed by atoms with van der Waals surface area (Å²) in [6.07, 6.45) is 0.495. The third-order valence-electron chi connectivity index (χ3n) is 2.84. The van der Waals surface area contributed by atoms with Crippen molar-refractivity contribution in [3.05, 3.63) is 0 Å². The Morgan fingerprint density at radius 3 is 2.64 bits per heavy atom. The molecule has 1 heterocycles.